The number of benzene rings is 3. The largest absolute Gasteiger partial charge is 0.295 e. The van der Waals surface area contributed by atoms with Crippen LogP contribution in [0, 0.1) is 38.7 Å². The van der Waals surface area contributed by atoms with Gasteiger partial charge in [-0.1, -0.05) is 83.7 Å². The topological polar surface area (TPSA) is 30.7 Å². The molecule has 0 N–H and O–H groups in total. The van der Waals surface area contributed by atoms with Gasteiger partial charge in [-0.25, -0.2) is 13.5 Å². The first-order valence-corrected chi connectivity index (χ1v) is 17.7. The zero-order valence-electron chi connectivity index (χ0n) is 30.3. The van der Waals surface area contributed by atoms with Gasteiger partial charge in [0.15, 0.2) is 27.6 Å². The molecule has 7 aromatic rings. The Morgan fingerprint density at radius 2 is 1.68 bits per heavy atom. The molecular weight excluding hydrogens is 618 g/mol. The van der Waals surface area contributed by atoms with Crippen molar-refractivity contribution in [2.45, 2.75) is 84.7 Å². The minimum absolute atomic E-state index is 0.298. The van der Waals surface area contributed by atoms with Crippen LogP contribution >= 0.6 is 0 Å². The highest BCUT2D eigenvalue weighted by Gasteiger charge is 2.63. The fourth-order valence-corrected chi connectivity index (χ4v) is 9.21. The molecule has 1 aliphatic rings. The normalized spacial score (nSPS) is 18.7. The number of aromatic nitrogens is 5. The van der Waals surface area contributed by atoms with Gasteiger partial charge in [0.25, 0.3) is 5.82 Å². The predicted molar refractivity (Wildman–Crippen MR) is 198 cm³/mol. The second kappa shape index (κ2) is 10.9. The number of fused-ring (bicyclic) bond motifs is 3. The molecule has 0 saturated heterocycles. The molecule has 4 aromatic carbocycles. The van der Waals surface area contributed by atoms with Crippen LogP contribution in [-0.2, 0) is 16.5 Å². The van der Waals surface area contributed by atoms with Crippen molar-refractivity contribution >= 4 is 27.6 Å². The molecule has 6 heteroatoms. The number of aryl methyl sites for hydroxylation is 3. The van der Waals surface area contributed by atoms with E-state index < -0.39 is 11.1 Å². The summed E-state index contributed by atoms with van der Waals surface area (Å²) in [6.45, 7) is 22.1. The fourth-order valence-electron chi connectivity index (χ4n) is 9.21. The van der Waals surface area contributed by atoms with Gasteiger partial charge in [0.1, 0.15) is 23.9 Å². The summed E-state index contributed by atoms with van der Waals surface area (Å²) in [5, 5.41) is 0.944. The molecule has 0 bridgehead atoms. The van der Waals surface area contributed by atoms with Crippen LogP contribution in [0.2, 0.25) is 0 Å². The minimum Gasteiger partial charge on any atom is -0.234 e. The highest BCUT2D eigenvalue weighted by Crippen LogP contribution is 2.53. The molecule has 5 nitrogen and oxygen atoms in total. The van der Waals surface area contributed by atoms with E-state index in [-0.39, 0.29) is 11.2 Å². The summed E-state index contributed by atoms with van der Waals surface area (Å²) in [5.74, 6) is 1.60. The summed E-state index contributed by atoms with van der Waals surface area (Å²) in [4.78, 5) is 5.30. The van der Waals surface area contributed by atoms with Crippen LogP contribution in [0.15, 0.2) is 91.8 Å². The van der Waals surface area contributed by atoms with Crippen molar-refractivity contribution < 1.29 is 13.4 Å². The lowest BCUT2D eigenvalue weighted by atomic mass is 9.65. The first-order chi connectivity index (χ1) is 23.9. The van der Waals surface area contributed by atoms with Gasteiger partial charge >= 0.3 is 0 Å². The van der Waals surface area contributed by atoms with Crippen molar-refractivity contribution in [3.8, 4) is 17.1 Å². The number of para-hydroxylation sites is 1. The Morgan fingerprint density at radius 3 is 2.34 bits per heavy atom. The Labute approximate surface area is 294 Å². The number of nitrogens with zero attached hydrogens (tertiary/aromatic N) is 5. The summed E-state index contributed by atoms with van der Waals surface area (Å²) in [7, 11) is 0. The van der Waals surface area contributed by atoms with Gasteiger partial charge in [-0.05, 0) is 86.7 Å². The highest BCUT2D eigenvalue weighted by atomic mass is 19.1. The van der Waals surface area contributed by atoms with E-state index in [4.69, 9.17) is 4.98 Å². The molecule has 8 rings (SSSR count). The second-order valence-electron chi connectivity index (χ2n) is 15.0. The Bertz CT molecular complexity index is 2510. The van der Waals surface area contributed by atoms with Crippen molar-refractivity contribution in [1.82, 2.24) is 14.1 Å². The van der Waals surface area contributed by atoms with Gasteiger partial charge in [-0.3, -0.25) is 0 Å². The summed E-state index contributed by atoms with van der Waals surface area (Å²) in [6, 6.07) is 29.2. The molecular formula is C44H44FN5+2. The molecule has 0 aliphatic carbocycles. The van der Waals surface area contributed by atoms with Crippen molar-refractivity contribution in [2.75, 3.05) is 0 Å². The predicted octanol–water partition coefficient (Wildman–Crippen LogP) is 9.09. The van der Waals surface area contributed by atoms with Crippen molar-refractivity contribution in [1.29, 1.82) is 0 Å². The van der Waals surface area contributed by atoms with Crippen LogP contribution in [0.4, 0.5) is 4.39 Å². The van der Waals surface area contributed by atoms with Crippen molar-refractivity contribution in [3.05, 3.63) is 138 Å². The van der Waals surface area contributed by atoms with Gasteiger partial charge in [-0.2, -0.15) is 8.97 Å². The third kappa shape index (κ3) is 3.92. The molecule has 250 valence electrons. The standard InChI is InChI=1S/C44H44FN5/c1-10-43(11-2)44(12-3,48-25-24-47(38-29(5)19-17-20-30(38)6)39(48)32-21-14-13-18-28(32)4)33-26-31(45)27-34-37(33)40-49(41(46-34)42(7,8)9)35-22-15-16-23-36(35)50(40)43/h10,13-15,17-22,24-27H,1,11-12H2,2-9H3/q+2. The second-order valence-corrected chi connectivity index (χ2v) is 15.0. The Kier molecular flexibility index (Phi) is 6.94. The Balaban J connectivity index is 1.65. The monoisotopic (exact) mass is 661 g/mol. The number of rotatable bonds is 6. The van der Waals surface area contributed by atoms with Gasteiger partial charge in [0.2, 0.25) is 11.5 Å². The highest BCUT2D eigenvalue weighted by molar-refractivity contribution is 5.98. The van der Waals surface area contributed by atoms with E-state index in [1.165, 1.54) is 11.1 Å². The fraction of sp³-hybridized carbons (Fsp3) is 0.295. The number of hydrogen-bond donors (Lipinski definition) is 0. The molecule has 0 amide bonds. The molecule has 4 heterocycles. The van der Waals surface area contributed by atoms with E-state index in [9.17, 15) is 0 Å². The first kappa shape index (κ1) is 32.0. The van der Waals surface area contributed by atoms with E-state index in [2.05, 4.69) is 159 Å². The third-order valence-electron chi connectivity index (χ3n) is 11.3. The first-order valence-electron chi connectivity index (χ1n) is 17.7. The minimum atomic E-state index is -0.843. The van der Waals surface area contributed by atoms with Gasteiger partial charge in [-0.15, -0.1) is 4.98 Å². The Hall–Kier alpha value is -5.28. The van der Waals surface area contributed by atoms with E-state index in [0.717, 1.165) is 56.1 Å². The summed E-state index contributed by atoms with van der Waals surface area (Å²) >= 11 is 0. The summed E-state index contributed by atoms with van der Waals surface area (Å²) in [6.07, 6.45) is 7.83. The van der Waals surface area contributed by atoms with Gasteiger partial charge in [0, 0.05) is 11.6 Å². The van der Waals surface area contributed by atoms with Crippen molar-refractivity contribution in [3.63, 3.8) is 0 Å². The summed E-state index contributed by atoms with van der Waals surface area (Å²) < 4.78 is 25.8. The molecule has 2 unspecified atom stereocenters. The smallest absolute Gasteiger partial charge is 0.234 e. The molecule has 0 radical (unpaired) electrons. The van der Waals surface area contributed by atoms with Crippen molar-refractivity contribution in [2.24, 2.45) is 0 Å². The zero-order chi connectivity index (χ0) is 35.3. The zero-order valence-corrected chi connectivity index (χ0v) is 30.3. The molecule has 1 aliphatic heterocycles. The van der Waals surface area contributed by atoms with Gasteiger partial charge in [0.05, 0.1) is 16.4 Å². The van der Waals surface area contributed by atoms with Crippen LogP contribution in [0.3, 0.4) is 0 Å². The maximum Gasteiger partial charge on any atom is 0.295 e. The van der Waals surface area contributed by atoms with E-state index in [0.29, 0.717) is 18.4 Å². The van der Waals surface area contributed by atoms with Gasteiger partial charge < -0.3 is 0 Å². The van der Waals surface area contributed by atoms with E-state index >= 15 is 4.39 Å². The lowest BCUT2D eigenvalue weighted by Crippen LogP contribution is -2.70. The van der Waals surface area contributed by atoms with Crippen LogP contribution in [0.1, 0.15) is 75.5 Å². The molecule has 3 aromatic heterocycles. The van der Waals surface area contributed by atoms with Crippen LogP contribution < -0.4 is 8.97 Å². The molecule has 2 atom stereocenters. The molecule has 0 fully saturated rings. The lowest BCUT2D eigenvalue weighted by molar-refractivity contribution is -0.756. The number of allylic oxidation sites excluding steroid dienone is 1. The lowest BCUT2D eigenvalue weighted by Gasteiger charge is -2.47. The number of hydrogen-bond acceptors (Lipinski definition) is 1. The maximum absolute atomic E-state index is 16.4. The SMILES string of the molecule is C=CC1(CC)n2c3c#cccc3[n+]3c(C(C)(C)C)nc4cc(F)cc(c4c23)C1(CC)[n+]1ccn(-c2c(C)cccc2C)c1-c1ccccc1C. The van der Waals surface area contributed by atoms with E-state index in [1.54, 1.807) is 12.1 Å². The van der Waals surface area contributed by atoms with Crippen LogP contribution in [0.25, 0.3) is 44.7 Å². The molecule has 0 spiro atoms. The Morgan fingerprint density at radius 1 is 0.960 bits per heavy atom. The molecule has 50 heavy (non-hydrogen) atoms. The van der Waals surface area contributed by atoms with Crippen LogP contribution in [-0.4, -0.2) is 14.1 Å². The third-order valence-corrected chi connectivity index (χ3v) is 11.3. The quantitative estimate of drug-likeness (QED) is 0.129. The average molecular weight is 662 g/mol. The number of halogens is 1. The maximum atomic E-state index is 16.4. The van der Waals surface area contributed by atoms with Crippen LogP contribution in [0.5, 0.6) is 0 Å². The molecule has 0 saturated carbocycles. The number of imidazole rings is 2. The summed E-state index contributed by atoms with van der Waals surface area (Å²) in [5.41, 5.74) is 8.29. The van der Waals surface area contributed by atoms with E-state index in [1.807, 2.05) is 6.07 Å². The average Bonchev–Trinajstić information content (AvgIpc) is 3.67.